The average molecular weight is 414 g/mol. The molecule has 0 aromatic heterocycles. The SMILES string of the molecule is CCCCC[C@H]1CC[C@H](C2CCC(CC[C@H]3CC[C@@](C#N)(CCC)CC3)CC2)CC1. The second kappa shape index (κ2) is 12.5. The summed E-state index contributed by atoms with van der Waals surface area (Å²) in [5.74, 6) is 5.15. The fourth-order valence-electron chi connectivity index (χ4n) is 7.47. The maximum Gasteiger partial charge on any atom is 0.0689 e. The number of unbranched alkanes of at least 4 members (excludes halogenated alkanes) is 2. The third-order valence-electron chi connectivity index (χ3n) is 9.68. The molecule has 3 rings (SSSR count). The minimum atomic E-state index is 0.0400. The lowest BCUT2D eigenvalue weighted by molar-refractivity contribution is 0.132. The van der Waals surface area contributed by atoms with Crippen LogP contribution in [-0.2, 0) is 0 Å². The van der Waals surface area contributed by atoms with Gasteiger partial charge in [-0.3, -0.25) is 0 Å². The van der Waals surface area contributed by atoms with Crippen LogP contribution in [0.1, 0.15) is 142 Å². The molecule has 0 heterocycles. The van der Waals surface area contributed by atoms with Gasteiger partial charge in [-0.05, 0) is 87.4 Å². The van der Waals surface area contributed by atoms with Crippen LogP contribution < -0.4 is 0 Å². The molecule has 1 nitrogen and oxygen atoms in total. The van der Waals surface area contributed by atoms with Gasteiger partial charge in [0, 0.05) is 0 Å². The standard InChI is InChI=1S/C29H51N/c1-3-5-6-7-24-10-14-27(15-11-24)28-16-12-25(13-17-28)8-9-26-18-21-29(23-30,20-4-2)22-19-26/h24-28H,3-22H2,1-2H3/t24-,25?,26-,27-,28?,29-. The Labute approximate surface area is 188 Å². The zero-order valence-corrected chi connectivity index (χ0v) is 20.5. The van der Waals surface area contributed by atoms with Crippen LogP contribution >= 0.6 is 0 Å². The second-order valence-electron chi connectivity index (χ2n) is 11.7. The van der Waals surface area contributed by atoms with Crippen molar-refractivity contribution in [3.05, 3.63) is 0 Å². The Hall–Kier alpha value is -0.510. The summed E-state index contributed by atoms with van der Waals surface area (Å²) in [6, 6.07) is 2.70. The topological polar surface area (TPSA) is 23.8 Å². The average Bonchev–Trinajstić information content (AvgIpc) is 2.80. The van der Waals surface area contributed by atoms with Gasteiger partial charge in [-0.25, -0.2) is 0 Å². The Bertz CT molecular complexity index is 493. The van der Waals surface area contributed by atoms with Crippen molar-refractivity contribution in [2.75, 3.05) is 0 Å². The first-order valence-corrected chi connectivity index (χ1v) is 14.1. The highest BCUT2D eigenvalue weighted by Gasteiger charge is 2.35. The fraction of sp³-hybridized carbons (Fsp3) is 0.966. The highest BCUT2D eigenvalue weighted by molar-refractivity contribution is 5.01. The summed E-state index contributed by atoms with van der Waals surface area (Å²) in [4.78, 5) is 0. The van der Waals surface area contributed by atoms with E-state index >= 15 is 0 Å². The van der Waals surface area contributed by atoms with Gasteiger partial charge >= 0.3 is 0 Å². The van der Waals surface area contributed by atoms with Gasteiger partial charge in [-0.15, -0.1) is 0 Å². The molecule has 0 atom stereocenters. The first-order valence-electron chi connectivity index (χ1n) is 14.1. The van der Waals surface area contributed by atoms with E-state index in [1.165, 1.54) is 109 Å². The van der Waals surface area contributed by atoms with E-state index in [0.29, 0.717) is 0 Å². The predicted octanol–water partition coefficient (Wildman–Crippen LogP) is 9.46. The van der Waals surface area contributed by atoms with E-state index in [-0.39, 0.29) is 5.41 Å². The summed E-state index contributed by atoms with van der Waals surface area (Å²) in [5.41, 5.74) is 0.0400. The molecular formula is C29H51N. The fourth-order valence-corrected chi connectivity index (χ4v) is 7.47. The van der Waals surface area contributed by atoms with Crippen molar-refractivity contribution >= 4 is 0 Å². The Balaban J connectivity index is 1.28. The highest BCUT2D eigenvalue weighted by atomic mass is 14.4. The van der Waals surface area contributed by atoms with Crippen LogP contribution in [0.5, 0.6) is 0 Å². The number of hydrogen-bond acceptors (Lipinski definition) is 1. The van der Waals surface area contributed by atoms with Gasteiger partial charge in [0.2, 0.25) is 0 Å². The summed E-state index contributed by atoms with van der Waals surface area (Å²) >= 11 is 0. The third kappa shape index (κ3) is 7.00. The van der Waals surface area contributed by atoms with Gasteiger partial charge < -0.3 is 0 Å². The number of nitrogens with zero attached hydrogens (tertiary/aromatic N) is 1. The van der Waals surface area contributed by atoms with E-state index in [2.05, 4.69) is 19.9 Å². The van der Waals surface area contributed by atoms with Crippen molar-refractivity contribution in [3.8, 4) is 6.07 Å². The van der Waals surface area contributed by atoms with E-state index in [0.717, 1.165) is 36.0 Å². The monoisotopic (exact) mass is 413 g/mol. The lowest BCUT2D eigenvalue weighted by atomic mass is 9.66. The lowest BCUT2D eigenvalue weighted by Gasteiger charge is -2.39. The van der Waals surface area contributed by atoms with Crippen molar-refractivity contribution < 1.29 is 0 Å². The van der Waals surface area contributed by atoms with Crippen LogP contribution in [0, 0.1) is 46.3 Å². The van der Waals surface area contributed by atoms with E-state index < -0.39 is 0 Å². The molecule has 0 N–H and O–H groups in total. The van der Waals surface area contributed by atoms with Gasteiger partial charge in [0.25, 0.3) is 0 Å². The van der Waals surface area contributed by atoms with Crippen LogP contribution in [0.15, 0.2) is 0 Å². The van der Waals surface area contributed by atoms with Gasteiger partial charge in [-0.1, -0.05) is 84.5 Å². The molecule has 0 amide bonds. The molecule has 3 aliphatic carbocycles. The van der Waals surface area contributed by atoms with Crippen molar-refractivity contribution in [3.63, 3.8) is 0 Å². The molecule has 0 aromatic rings. The van der Waals surface area contributed by atoms with Crippen LogP contribution in [0.4, 0.5) is 0 Å². The molecule has 0 aliphatic heterocycles. The molecule has 172 valence electrons. The van der Waals surface area contributed by atoms with Crippen LogP contribution in [-0.4, -0.2) is 0 Å². The van der Waals surface area contributed by atoms with Crippen LogP contribution in [0.3, 0.4) is 0 Å². The molecule has 0 radical (unpaired) electrons. The van der Waals surface area contributed by atoms with Crippen molar-refractivity contribution in [2.24, 2.45) is 35.0 Å². The van der Waals surface area contributed by atoms with Gasteiger partial charge in [-0.2, -0.15) is 5.26 Å². The van der Waals surface area contributed by atoms with Crippen molar-refractivity contribution in [2.45, 2.75) is 142 Å². The summed E-state index contributed by atoms with van der Waals surface area (Å²) < 4.78 is 0. The van der Waals surface area contributed by atoms with E-state index in [4.69, 9.17) is 0 Å². The van der Waals surface area contributed by atoms with Crippen molar-refractivity contribution in [1.29, 1.82) is 5.26 Å². The van der Waals surface area contributed by atoms with Gasteiger partial charge in [0.05, 0.1) is 11.5 Å². The first-order chi connectivity index (χ1) is 14.7. The molecule has 3 aliphatic rings. The molecule has 30 heavy (non-hydrogen) atoms. The van der Waals surface area contributed by atoms with Gasteiger partial charge in [0.15, 0.2) is 0 Å². The summed E-state index contributed by atoms with van der Waals surface area (Å²) in [6.07, 6.45) is 28.3. The van der Waals surface area contributed by atoms with Crippen molar-refractivity contribution in [1.82, 2.24) is 0 Å². The van der Waals surface area contributed by atoms with Crippen LogP contribution in [0.25, 0.3) is 0 Å². The minimum absolute atomic E-state index is 0.0400. The number of hydrogen-bond donors (Lipinski definition) is 0. The molecule has 3 fully saturated rings. The largest absolute Gasteiger partial charge is 0.198 e. The maximum atomic E-state index is 9.64. The molecule has 0 aromatic carbocycles. The summed E-state index contributed by atoms with van der Waals surface area (Å²) in [6.45, 7) is 4.57. The quantitative estimate of drug-likeness (QED) is 0.327. The predicted molar refractivity (Wildman–Crippen MR) is 129 cm³/mol. The molecule has 0 bridgehead atoms. The smallest absolute Gasteiger partial charge is 0.0689 e. The highest BCUT2D eigenvalue weighted by Crippen LogP contribution is 2.46. The minimum Gasteiger partial charge on any atom is -0.198 e. The zero-order chi connectivity index (χ0) is 21.2. The second-order valence-corrected chi connectivity index (χ2v) is 11.7. The normalized spacial score (nSPS) is 37.6. The Morgan fingerprint density at radius 1 is 0.633 bits per heavy atom. The van der Waals surface area contributed by atoms with E-state index in [1.54, 1.807) is 12.8 Å². The van der Waals surface area contributed by atoms with Gasteiger partial charge in [0.1, 0.15) is 0 Å². The Kier molecular flexibility index (Phi) is 10.1. The molecule has 0 unspecified atom stereocenters. The third-order valence-corrected chi connectivity index (χ3v) is 9.68. The molecule has 0 spiro atoms. The molecule has 0 saturated heterocycles. The van der Waals surface area contributed by atoms with E-state index in [1.807, 2.05) is 0 Å². The molecular weight excluding hydrogens is 362 g/mol. The zero-order valence-electron chi connectivity index (χ0n) is 20.5. The Morgan fingerprint density at radius 3 is 1.60 bits per heavy atom. The maximum absolute atomic E-state index is 9.64. The van der Waals surface area contributed by atoms with E-state index in [9.17, 15) is 5.26 Å². The Morgan fingerprint density at radius 2 is 1.13 bits per heavy atom. The molecule has 1 heteroatoms. The first kappa shape index (κ1) is 24.1. The summed E-state index contributed by atoms with van der Waals surface area (Å²) in [7, 11) is 0. The summed E-state index contributed by atoms with van der Waals surface area (Å²) in [5, 5.41) is 9.64. The van der Waals surface area contributed by atoms with Crippen LogP contribution in [0.2, 0.25) is 0 Å². The lowest BCUT2D eigenvalue weighted by Crippen LogP contribution is -2.27. The molecule has 3 saturated carbocycles. The number of nitriles is 1. The number of rotatable bonds is 10.